The summed E-state index contributed by atoms with van der Waals surface area (Å²) < 4.78 is 0. The molecule has 1 aliphatic rings. The summed E-state index contributed by atoms with van der Waals surface area (Å²) in [5.74, 6) is 0.739. The molecule has 0 aliphatic carbocycles. The van der Waals surface area contributed by atoms with Crippen LogP contribution in [0, 0.1) is 0 Å². The number of carbonyl (C=O) groups excluding carboxylic acids is 1. The smallest absolute Gasteiger partial charge is 0.255 e. The summed E-state index contributed by atoms with van der Waals surface area (Å²) in [7, 11) is 0. The lowest BCUT2D eigenvalue weighted by molar-refractivity contribution is 0.102. The van der Waals surface area contributed by atoms with E-state index in [1.165, 1.54) is 5.56 Å². The molecule has 0 bridgehead atoms. The van der Waals surface area contributed by atoms with Crippen molar-refractivity contribution in [1.82, 2.24) is 29.8 Å². The van der Waals surface area contributed by atoms with Crippen molar-refractivity contribution in [2.24, 2.45) is 0 Å². The van der Waals surface area contributed by atoms with Gasteiger partial charge in [0.05, 0.1) is 34.6 Å². The molecule has 2 N–H and O–H groups in total. The maximum atomic E-state index is 12.8. The van der Waals surface area contributed by atoms with Crippen LogP contribution in [0.1, 0.15) is 15.9 Å². The van der Waals surface area contributed by atoms with Crippen molar-refractivity contribution in [3.63, 3.8) is 0 Å². The normalized spacial score (nSPS) is 14.0. The van der Waals surface area contributed by atoms with E-state index in [4.69, 9.17) is 4.98 Å². The molecule has 0 spiro atoms. The first-order valence-corrected chi connectivity index (χ1v) is 13.7. The first-order valence-electron chi connectivity index (χ1n) is 13.7. The van der Waals surface area contributed by atoms with E-state index in [9.17, 15) is 4.79 Å². The fourth-order valence-electron chi connectivity index (χ4n) is 5.24. The third-order valence-corrected chi connectivity index (χ3v) is 7.51. The SMILES string of the molecule is O=C(Nc1ccc(-c2ccc3ncc(N4CCN(Cc5cccnc5)CC4)nc3c2)cc1)c1ccc2nc[nH]c2c1. The minimum atomic E-state index is -0.166. The Labute approximate surface area is 236 Å². The molecule has 0 atom stereocenters. The van der Waals surface area contributed by atoms with Crippen molar-refractivity contribution in [3.8, 4) is 11.1 Å². The van der Waals surface area contributed by atoms with Crippen molar-refractivity contribution in [2.75, 3.05) is 36.4 Å². The second kappa shape index (κ2) is 10.8. The van der Waals surface area contributed by atoms with E-state index in [2.05, 4.69) is 53.3 Å². The van der Waals surface area contributed by atoms with Crippen LogP contribution in [0.2, 0.25) is 0 Å². The van der Waals surface area contributed by atoms with E-state index in [-0.39, 0.29) is 5.91 Å². The number of nitrogens with one attached hydrogen (secondary N) is 2. The molecule has 4 heterocycles. The Morgan fingerprint density at radius 2 is 1.66 bits per heavy atom. The molecule has 9 nitrogen and oxygen atoms in total. The third-order valence-electron chi connectivity index (χ3n) is 7.51. The Kier molecular flexibility index (Phi) is 6.54. The van der Waals surface area contributed by atoms with Crippen LogP contribution in [0.25, 0.3) is 33.2 Å². The number of H-pyrrole nitrogens is 1. The van der Waals surface area contributed by atoms with Crippen molar-refractivity contribution >= 4 is 39.5 Å². The maximum absolute atomic E-state index is 12.8. The summed E-state index contributed by atoms with van der Waals surface area (Å²) in [4.78, 5) is 38.7. The van der Waals surface area contributed by atoms with Gasteiger partial charge >= 0.3 is 0 Å². The molecule has 202 valence electrons. The second-order valence-electron chi connectivity index (χ2n) is 10.2. The van der Waals surface area contributed by atoms with Crippen molar-refractivity contribution in [3.05, 3.63) is 109 Å². The van der Waals surface area contributed by atoms with Crippen LogP contribution in [0.5, 0.6) is 0 Å². The van der Waals surface area contributed by atoms with Crippen molar-refractivity contribution in [1.29, 1.82) is 0 Å². The molecular formula is C32H28N8O. The van der Waals surface area contributed by atoms with Gasteiger partial charge in [0.1, 0.15) is 5.82 Å². The molecular weight excluding hydrogens is 512 g/mol. The number of piperazine rings is 1. The van der Waals surface area contributed by atoms with Gasteiger partial charge in [0.2, 0.25) is 0 Å². The van der Waals surface area contributed by atoms with Crippen LogP contribution >= 0.6 is 0 Å². The fraction of sp³-hybridized carbons (Fsp3) is 0.156. The molecule has 1 fully saturated rings. The van der Waals surface area contributed by atoms with Crippen LogP contribution in [0.4, 0.5) is 11.5 Å². The van der Waals surface area contributed by atoms with E-state index in [1.54, 1.807) is 18.5 Å². The minimum Gasteiger partial charge on any atom is -0.353 e. The Morgan fingerprint density at radius 1 is 0.829 bits per heavy atom. The van der Waals surface area contributed by atoms with E-state index in [0.29, 0.717) is 5.56 Å². The van der Waals surface area contributed by atoms with Gasteiger partial charge in [0.25, 0.3) is 5.91 Å². The van der Waals surface area contributed by atoms with Crippen molar-refractivity contribution < 1.29 is 4.79 Å². The molecule has 0 unspecified atom stereocenters. The number of hydrogen-bond donors (Lipinski definition) is 2. The minimum absolute atomic E-state index is 0.166. The molecule has 3 aromatic carbocycles. The molecule has 0 saturated carbocycles. The third kappa shape index (κ3) is 5.35. The molecule has 3 aromatic heterocycles. The van der Waals surface area contributed by atoms with Gasteiger partial charge in [0.15, 0.2) is 0 Å². The first kappa shape index (κ1) is 24.9. The zero-order valence-corrected chi connectivity index (χ0v) is 22.4. The molecule has 9 heteroatoms. The molecule has 0 radical (unpaired) electrons. The highest BCUT2D eigenvalue weighted by Gasteiger charge is 2.19. The number of amides is 1. The Bertz CT molecular complexity index is 1830. The summed E-state index contributed by atoms with van der Waals surface area (Å²) >= 11 is 0. The summed E-state index contributed by atoms with van der Waals surface area (Å²) in [6.45, 7) is 4.66. The highest BCUT2D eigenvalue weighted by molar-refractivity contribution is 6.06. The van der Waals surface area contributed by atoms with Gasteiger partial charge < -0.3 is 15.2 Å². The van der Waals surface area contributed by atoms with E-state index in [0.717, 1.165) is 77.4 Å². The summed E-state index contributed by atoms with van der Waals surface area (Å²) in [6, 6.07) is 23.5. The monoisotopic (exact) mass is 540 g/mol. The van der Waals surface area contributed by atoms with Gasteiger partial charge in [-0.1, -0.05) is 24.3 Å². The molecule has 1 saturated heterocycles. The standard InChI is InChI=1S/C32H28N8O/c41-32(25-6-10-27-29(17-25)36-21-35-27)37-26-7-3-23(4-8-26)24-5-9-28-30(16-24)38-31(19-34-28)40-14-12-39(13-15-40)20-22-2-1-11-33-18-22/h1-11,16-19,21H,12-15,20H2,(H,35,36)(H,37,41). The van der Waals surface area contributed by atoms with E-state index < -0.39 is 0 Å². The summed E-state index contributed by atoms with van der Waals surface area (Å²) in [6.07, 6.45) is 7.24. The van der Waals surface area contributed by atoms with E-state index in [1.807, 2.05) is 61.1 Å². The predicted octanol–water partition coefficient (Wildman–Crippen LogP) is 5.14. The highest BCUT2D eigenvalue weighted by atomic mass is 16.1. The van der Waals surface area contributed by atoms with Gasteiger partial charge in [-0.05, 0) is 65.2 Å². The van der Waals surface area contributed by atoms with Crippen LogP contribution in [0.15, 0.2) is 97.7 Å². The zero-order valence-electron chi connectivity index (χ0n) is 22.4. The predicted molar refractivity (Wildman–Crippen MR) is 161 cm³/mol. The summed E-state index contributed by atoms with van der Waals surface area (Å²) in [5.41, 5.74) is 8.03. The zero-order chi connectivity index (χ0) is 27.6. The lowest BCUT2D eigenvalue weighted by atomic mass is 10.0. The van der Waals surface area contributed by atoms with Gasteiger partial charge in [-0.25, -0.2) is 9.97 Å². The number of nitrogens with zero attached hydrogens (tertiary/aromatic N) is 6. The second-order valence-corrected chi connectivity index (χ2v) is 10.2. The number of rotatable bonds is 6. The Balaban J connectivity index is 1.03. The lowest BCUT2D eigenvalue weighted by Gasteiger charge is -2.35. The molecule has 1 aliphatic heterocycles. The summed E-state index contributed by atoms with van der Waals surface area (Å²) in [5, 5.41) is 2.98. The van der Waals surface area contributed by atoms with E-state index >= 15 is 0 Å². The van der Waals surface area contributed by atoms with Crippen LogP contribution in [-0.4, -0.2) is 61.9 Å². The molecule has 6 aromatic rings. The number of pyridine rings is 1. The average molecular weight is 541 g/mol. The fourth-order valence-corrected chi connectivity index (χ4v) is 5.24. The number of aromatic nitrogens is 5. The quantitative estimate of drug-likeness (QED) is 0.301. The van der Waals surface area contributed by atoms with Gasteiger partial charge in [-0.3, -0.25) is 19.7 Å². The molecule has 7 rings (SSSR count). The number of aromatic amines is 1. The largest absolute Gasteiger partial charge is 0.353 e. The van der Waals surface area contributed by atoms with Crippen LogP contribution in [-0.2, 0) is 6.54 Å². The number of carbonyl (C=O) groups is 1. The number of benzene rings is 3. The van der Waals surface area contributed by atoms with Gasteiger partial charge in [-0.2, -0.15) is 0 Å². The molecule has 41 heavy (non-hydrogen) atoms. The maximum Gasteiger partial charge on any atom is 0.255 e. The topological polar surface area (TPSA) is 103 Å². The Hall–Kier alpha value is -5.15. The first-order chi connectivity index (χ1) is 20.2. The molecule has 1 amide bonds. The van der Waals surface area contributed by atoms with Crippen LogP contribution < -0.4 is 10.2 Å². The number of fused-ring (bicyclic) bond motifs is 2. The average Bonchev–Trinajstić information content (AvgIpc) is 3.50. The van der Waals surface area contributed by atoms with Crippen LogP contribution in [0.3, 0.4) is 0 Å². The Morgan fingerprint density at radius 3 is 2.49 bits per heavy atom. The van der Waals surface area contributed by atoms with Gasteiger partial charge in [-0.15, -0.1) is 0 Å². The van der Waals surface area contributed by atoms with Crippen molar-refractivity contribution in [2.45, 2.75) is 6.54 Å². The highest BCUT2D eigenvalue weighted by Crippen LogP contribution is 2.26. The van der Waals surface area contributed by atoms with Gasteiger partial charge in [0, 0.05) is 56.4 Å². The lowest BCUT2D eigenvalue weighted by Crippen LogP contribution is -2.46. The number of imidazole rings is 1. The number of hydrogen-bond acceptors (Lipinski definition) is 7. The number of anilines is 2.